The predicted molar refractivity (Wildman–Crippen MR) is 83.6 cm³/mol. The van der Waals surface area contributed by atoms with Gasteiger partial charge in [-0.1, -0.05) is 26.3 Å². The highest BCUT2D eigenvalue weighted by atomic mass is 19.1. The van der Waals surface area contributed by atoms with E-state index in [0.29, 0.717) is 6.42 Å². The first-order valence-electron chi connectivity index (χ1n) is 7.93. The van der Waals surface area contributed by atoms with Crippen LogP contribution in [0.2, 0.25) is 0 Å². The van der Waals surface area contributed by atoms with Gasteiger partial charge in [-0.3, -0.25) is 0 Å². The summed E-state index contributed by atoms with van der Waals surface area (Å²) in [5.74, 6) is 0.727. The van der Waals surface area contributed by atoms with Crippen LogP contribution >= 0.6 is 0 Å². The Morgan fingerprint density at radius 1 is 1.30 bits per heavy atom. The average Bonchev–Trinajstić information content (AvgIpc) is 2.49. The summed E-state index contributed by atoms with van der Waals surface area (Å²) in [5, 5.41) is 0. The van der Waals surface area contributed by atoms with Crippen molar-refractivity contribution in [2.75, 3.05) is 18.0 Å². The lowest BCUT2D eigenvalue weighted by Crippen LogP contribution is -2.35. The number of halogens is 1. The summed E-state index contributed by atoms with van der Waals surface area (Å²) in [4.78, 5) is 2.34. The molecule has 2 N–H and O–H groups in total. The van der Waals surface area contributed by atoms with Crippen molar-refractivity contribution in [2.24, 2.45) is 11.7 Å². The van der Waals surface area contributed by atoms with Gasteiger partial charge in [0.15, 0.2) is 0 Å². The van der Waals surface area contributed by atoms with E-state index in [1.165, 1.54) is 19.3 Å². The van der Waals surface area contributed by atoms with Crippen molar-refractivity contribution in [2.45, 2.75) is 52.0 Å². The second-order valence-electron chi connectivity index (χ2n) is 5.95. The fourth-order valence-electron chi connectivity index (χ4n) is 3.03. The van der Waals surface area contributed by atoms with Crippen LogP contribution in [0.25, 0.3) is 0 Å². The van der Waals surface area contributed by atoms with Crippen LogP contribution in [0.5, 0.6) is 0 Å². The molecule has 1 saturated heterocycles. The smallest absolute Gasteiger partial charge is 0.128 e. The summed E-state index contributed by atoms with van der Waals surface area (Å²) in [7, 11) is 0. The molecule has 1 atom stereocenters. The number of anilines is 1. The van der Waals surface area contributed by atoms with E-state index in [1.54, 1.807) is 6.07 Å². The van der Waals surface area contributed by atoms with Crippen LogP contribution in [-0.4, -0.2) is 19.1 Å². The molecule has 3 heteroatoms. The fraction of sp³-hybridized carbons (Fsp3) is 0.647. The molecule has 112 valence electrons. The first kappa shape index (κ1) is 15.3. The van der Waals surface area contributed by atoms with Crippen LogP contribution in [0, 0.1) is 11.7 Å². The number of nitrogens with zero attached hydrogens (tertiary/aromatic N) is 1. The van der Waals surface area contributed by atoms with Crippen molar-refractivity contribution in [3.05, 3.63) is 29.6 Å². The highest BCUT2D eigenvalue weighted by molar-refractivity contribution is 5.55. The fourth-order valence-corrected chi connectivity index (χ4v) is 3.03. The molecule has 1 heterocycles. The minimum atomic E-state index is -0.107. The van der Waals surface area contributed by atoms with E-state index in [0.717, 1.165) is 36.7 Å². The molecule has 1 aliphatic heterocycles. The average molecular weight is 278 g/mol. The van der Waals surface area contributed by atoms with Crippen molar-refractivity contribution < 1.29 is 4.39 Å². The lowest BCUT2D eigenvalue weighted by atomic mass is 9.93. The lowest BCUT2D eigenvalue weighted by molar-refractivity contribution is 0.394. The van der Waals surface area contributed by atoms with Crippen LogP contribution in [0.15, 0.2) is 18.2 Å². The first-order chi connectivity index (χ1) is 9.65. The van der Waals surface area contributed by atoms with Crippen LogP contribution < -0.4 is 10.6 Å². The maximum Gasteiger partial charge on any atom is 0.128 e. The third kappa shape index (κ3) is 3.51. The summed E-state index contributed by atoms with van der Waals surface area (Å²) >= 11 is 0. The number of rotatable bonds is 5. The summed E-state index contributed by atoms with van der Waals surface area (Å²) in [6.07, 6.45) is 5.20. The van der Waals surface area contributed by atoms with Gasteiger partial charge in [-0.15, -0.1) is 0 Å². The molecule has 1 fully saturated rings. The van der Waals surface area contributed by atoms with E-state index < -0.39 is 0 Å². The molecule has 0 saturated carbocycles. The Morgan fingerprint density at radius 3 is 2.60 bits per heavy atom. The van der Waals surface area contributed by atoms with Crippen molar-refractivity contribution in [1.82, 2.24) is 0 Å². The quantitative estimate of drug-likeness (QED) is 0.889. The van der Waals surface area contributed by atoms with Gasteiger partial charge in [0.2, 0.25) is 0 Å². The number of nitrogens with two attached hydrogens (primary N) is 1. The Morgan fingerprint density at radius 2 is 2.00 bits per heavy atom. The normalized spacial score (nSPS) is 18.3. The zero-order valence-corrected chi connectivity index (χ0v) is 12.7. The molecular weight excluding hydrogens is 251 g/mol. The van der Waals surface area contributed by atoms with Crippen molar-refractivity contribution >= 4 is 5.69 Å². The van der Waals surface area contributed by atoms with Gasteiger partial charge in [-0.05, 0) is 43.7 Å². The Labute approximate surface area is 122 Å². The van der Waals surface area contributed by atoms with Crippen molar-refractivity contribution in [1.29, 1.82) is 0 Å². The molecule has 0 aliphatic carbocycles. The Kier molecular flexibility index (Phi) is 5.41. The van der Waals surface area contributed by atoms with Gasteiger partial charge in [0.05, 0.1) is 0 Å². The molecule has 20 heavy (non-hydrogen) atoms. The number of hydrogen-bond donors (Lipinski definition) is 1. The molecule has 1 unspecified atom stereocenters. The van der Waals surface area contributed by atoms with Gasteiger partial charge in [0.1, 0.15) is 5.82 Å². The number of piperidine rings is 1. The van der Waals surface area contributed by atoms with E-state index in [1.807, 2.05) is 12.1 Å². The van der Waals surface area contributed by atoms with Crippen LogP contribution in [0.3, 0.4) is 0 Å². The maximum absolute atomic E-state index is 14.2. The molecule has 2 nitrogen and oxygen atoms in total. The second kappa shape index (κ2) is 7.07. The van der Waals surface area contributed by atoms with Gasteiger partial charge in [0, 0.05) is 30.4 Å². The first-order valence-corrected chi connectivity index (χ1v) is 7.93. The topological polar surface area (TPSA) is 29.3 Å². The minimum absolute atomic E-state index is 0.0406. The Bertz CT molecular complexity index is 425. The molecule has 2 rings (SSSR count). The molecule has 0 aromatic heterocycles. The standard InChI is InChI=1S/C17H27FN2/c1-3-13-8-10-20(11-9-13)17-7-5-6-16(18)15(17)12-14(19)4-2/h5-7,13-14H,3-4,8-12,19H2,1-2H3. The molecular formula is C17H27FN2. The summed E-state index contributed by atoms with van der Waals surface area (Å²) in [6.45, 7) is 6.39. The van der Waals surface area contributed by atoms with Gasteiger partial charge < -0.3 is 10.6 Å². The largest absolute Gasteiger partial charge is 0.371 e. The molecule has 1 aromatic rings. The minimum Gasteiger partial charge on any atom is -0.371 e. The summed E-state index contributed by atoms with van der Waals surface area (Å²) in [6, 6.07) is 5.46. The highest BCUT2D eigenvalue weighted by Crippen LogP contribution is 2.29. The molecule has 0 bridgehead atoms. The van der Waals surface area contributed by atoms with Gasteiger partial charge in [-0.2, -0.15) is 0 Å². The van der Waals surface area contributed by atoms with E-state index >= 15 is 0 Å². The van der Waals surface area contributed by atoms with E-state index in [-0.39, 0.29) is 11.9 Å². The Balaban J connectivity index is 2.17. The van der Waals surface area contributed by atoms with E-state index in [2.05, 4.69) is 18.7 Å². The summed E-state index contributed by atoms with van der Waals surface area (Å²) < 4.78 is 14.2. The van der Waals surface area contributed by atoms with E-state index in [9.17, 15) is 4.39 Å². The molecule has 1 aliphatic rings. The predicted octanol–water partition coefficient (Wildman–Crippen LogP) is 3.73. The lowest BCUT2D eigenvalue weighted by Gasteiger charge is -2.34. The van der Waals surface area contributed by atoms with Gasteiger partial charge >= 0.3 is 0 Å². The SMILES string of the molecule is CCC(N)Cc1c(F)cccc1N1CCC(CC)CC1. The van der Waals surface area contributed by atoms with Gasteiger partial charge in [0.25, 0.3) is 0 Å². The number of benzene rings is 1. The summed E-state index contributed by atoms with van der Waals surface area (Å²) in [5.41, 5.74) is 7.89. The van der Waals surface area contributed by atoms with Crippen molar-refractivity contribution in [3.63, 3.8) is 0 Å². The van der Waals surface area contributed by atoms with Crippen LogP contribution in [-0.2, 0) is 6.42 Å². The highest BCUT2D eigenvalue weighted by Gasteiger charge is 2.21. The number of hydrogen-bond acceptors (Lipinski definition) is 2. The van der Waals surface area contributed by atoms with Crippen LogP contribution in [0.1, 0.15) is 45.1 Å². The monoisotopic (exact) mass is 278 g/mol. The zero-order chi connectivity index (χ0) is 14.5. The van der Waals surface area contributed by atoms with Crippen molar-refractivity contribution in [3.8, 4) is 0 Å². The molecule has 0 radical (unpaired) electrons. The third-order valence-electron chi connectivity index (χ3n) is 4.62. The maximum atomic E-state index is 14.2. The Hall–Kier alpha value is -1.09. The zero-order valence-electron chi connectivity index (χ0n) is 12.7. The molecule has 0 spiro atoms. The third-order valence-corrected chi connectivity index (χ3v) is 4.62. The second-order valence-corrected chi connectivity index (χ2v) is 5.95. The molecule has 1 aromatic carbocycles. The molecule has 0 amide bonds. The van der Waals surface area contributed by atoms with Gasteiger partial charge in [-0.25, -0.2) is 4.39 Å². The van der Waals surface area contributed by atoms with E-state index in [4.69, 9.17) is 5.73 Å². The van der Waals surface area contributed by atoms with Crippen LogP contribution in [0.4, 0.5) is 10.1 Å².